The molecule has 0 spiro atoms. The molecule has 2 rings (SSSR count). The monoisotopic (exact) mass is 250 g/mol. The molecule has 0 aromatic heterocycles. The molecule has 1 amide bonds. The highest BCUT2D eigenvalue weighted by Gasteiger charge is 2.35. The Morgan fingerprint density at radius 2 is 2.22 bits per heavy atom. The van der Waals surface area contributed by atoms with Crippen molar-refractivity contribution in [1.82, 2.24) is 5.32 Å². The van der Waals surface area contributed by atoms with E-state index in [1.165, 1.54) is 18.6 Å². The molecule has 3 nitrogen and oxygen atoms in total. The number of benzene rings is 1. The SMILES string of the molecule is NCC1(CNC(=O)Cc2cccc(F)c2)CCC1. The summed E-state index contributed by atoms with van der Waals surface area (Å²) in [4.78, 5) is 11.8. The summed E-state index contributed by atoms with van der Waals surface area (Å²) in [6, 6.07) is 6.14. The van der Waals surface area contributed by atoms with E-state index in [2.05, 4.69) is 5.32 Å². The number of nitrogens with one attached hydrogen (secondary N) is 1. The van der Waals surface area contributed by atoms with Gasteiger partial charge in [0.15, 0.2) is 0 Å². The number of hydrogen-bond donors (Lipinski definition) is 2. The molecule has 0 saturated heterocycles. The van der Waals surface area contributed by atoms with E-state index < -0.39 is 0 Å². The summed E-state index contributed by atoms with van der Waals surface area (Å²) in [6.45, 7) is 1.25. The van der Waals surface area contributed by atoms with Crippen molar-refractivity contribution in [1.29, 1.82) is 0 Å². The maximum Gasteiger partial charge on any atom is 0.224 e. The number of rotatable bonds is 5. The Morgan fingerprint density at radius 3 is 2.78 bits per heavy atom. The molecule has 98 valence electrons. The van der Waals surface area contributed by atoms with Crippen molar-refractivity contribution >= 4 is 5.91 Å². The van der Waals surface area contributed by atoms with Crippen LogP contribution in [-0.4, -0.2) is 19.0 Å². The van der Waals surface area contributed by atoms with Crippen LogP contribution in [0.2, 0.25) is 0 Å². The average Bonchev–Trinajstić information content (AvgIpc) is 2.28. The molecule has 1 aromatic carbocycles. The number of halogens is 1. The summed E-state index contributed by atoms with van der Waals surface area (Å²) < 4.78 is 13.0. The third-order valence-electron chi connectivity index (χ3n) is 3.76. The number of nitrogens with two attached hydrogens (primary N) is 1. The van der Waals surface area contributed by atoms with Crippen molar-refractivity contribution in [2.24, 2.45) is 11.1 Å². The zero-order valence-electron chi connectivity index (χ0n) is 10.4. The molecule has 3 N–H and O–H groups in total. The summed E-state index contributed by atoms with van der Waals surface area (Å²) in [5.74, 6) is -0.377. The lowest BCUT2D eigenvalue weighted by Gasteiger charge is -2.41. The van der Waals surface area contributed by atoms with Gasteiger partial charge < -0.3 is 11.1 Å². The molecule has 0 atom stereocenters. The average molecular weight is 250 g/mol. The molecular formula is C14H19FN2O. The van der Waals surface area contributed by atoms with Gasteiger partial charge in [0, 0.05) is 6.54 Å². The number of amides is 1. The molecule has 0 bridgehead atoms. The fraction of sp³-hybridized carbons (Fsp3) is 0.500. The van der Waals surface area contributed by atoms with E-state index >= 15 is 0 Å². The Kier molecular flexibility index (Phi) is 3.97. The fourth-order valence-corrected chi connectivity index (χ4v) is 2.31. The van der Waals surface area contributed by atoms with Gasteiger partial charge in [0.05, 0.1) is 6.42 Å². The van der Waals surface area contributed by atoms with Crippen LogP contribution in [0.15, 0.2) is 24.3 Å². The molecule has 18 heavy (non-hydrogen) atoms. The quantitative estimate of drug-likeness (QED) is 0.834. The minimum atomic E-state index is -0.308. The predicted molar refractivity (Wildman–Crippen MR) is 68.5 cm³/mol. The smallest absolute Gasteiger partial charge is 0.224 e. The Labute approximate surface area is 107 Å². The van der Waals surface area contributed by atoms with Crippen molar-refractivity contribution in [3.63, 3.8) is 0 Å². The lowest BCUT2D eigenvalue weighted by molar-refractivity contribution is -0.121. The van der Waals surface area contributed by atoms with Crippen LogP contribution in [0.25, 0.3) is 0 Å². The van der Waals surface area contributed by atoms with Crippen molar-refractivity contribution in [3.8, 4) is 0 Å². The second kappa shape index (κ2) is 5.48. The van der Waals surface area contributed by atoms with Crippen LogP contribution in [0.5, 0.6) is 0 Å². The van der Waals surface area contributed by atoms with Crippen molar-refractivity contribution in [3.05, 3.63) is 35.6 Å². The molecule has 1 fully saturated rings. The van der Waals surface area contributed by atoms with Crippen LogP contribution in [0.4, 0.5) is 4.39 Å². The lowest BCUT2D eigenvalue weighted by atomic mass is 9.69. The van der Waals surface area contributed by atoms with Crippen LogP contribution < -0.4 is 11.1 Å². The van der Waals surface area contributed by atoms with Crippen LogP contribution in [0.3, 0.4) is 0 Å². The van der Waals surface area contributed by atoms with Crippen molar-refractivity contribution in [2.45, 2.75) is 25.7 Å². The fourth-order valence-electron chi connectivity index (χ4n) is 2.31. The van der Waals surface area contributed by atoms with Gasteiger partial charge in [-0.2, -0.15) is 0 Å². The molecule has 1 aromatic rings. The first-order valence-corrected chi connectivity index (χ1v) is 6.35. The zero-order chi connectivity index (χ0) is 13.0. The van der Waals surface area contributed by atoms with Crippen molar-refractivity contribution in [2.75, 3.05) is 13.1 Å². The van der Waals surface area contributed by atoms with E-state index in [0.29, 0.717) is 18.7 Å². The van der Waals surface area contributed by atoms with E-state index in [1.807, 2.05) is 0 Å². The molecule has 0 unspecified atom stereocenters. The number of carbonyl (C=O) groups is 1. The summed E-state index contributed by atoms with van der Waals surface area (Å²) in [7, 11) is 0. The van der Waals surface area contributed by atoms with E-state index in [1.54, 1.807) is 12.1 Å². The summed E-state index contributed by atoms with van der Waals surface area (Å²) in [6.07, 6.45) is 3.59. The third kappa shape index (κ3) is 3.07. The van der Waals surface area contributed by atoms with Crippen molar-refractivity contribution < 1.29 is 9.18 Å². The van der Waals surface area contributed by atoms with E-state index in [-0.39, 0.29) is 23.6 Å². The van der Waals surface area contributed by atoms with E-state index in [0.717, 1.165) is 12.8 Å². The summed E-state index contributed by atoms with van der Waals surface area (Å²) in [5.41, 5.74) is 6.53. The first-order valence-electron chi connectivity index (χ1n) is 6.35. The molecule has 1 aliphatic rings. The minimum absolute atomic E-state index is 0.0691. The Bertz CT molecular complexity index is 424. The molecule has 1 saturated carbocycles. The second-order valence-electron chi connectivity index (χ2n) is 5.14. The van der Waals surface area contributed by atoms with Gasteiger partial charge in [0.2, 0.25) is 5.91 Å². The lowest BCUT2D eigenvalue weighted by Crippen LogP contribution is -2.47. The zero-order valence-corrected chi connectivity index (χ0v) is 10.4. The highest BCUT2D eigenvalue weighted by Crippen LogP contribution is 2.39. The maximum atomic E-state index is 13.0. The Balaban J connectivity index is 1.82. The van der Waals surface area contributed by atoms with Gasteiger partial charge in [0.1, 0.15) is 5.82 Å². The van der Waals surface area contributed by atoms with Crippen LogP contribution in [0.1, 0.15) is 24.8 Å². The molecule has 0 radical (unpaired) electrons. The third-order valence-corrected chi connectivity index (χ3v) is 3.76. The van der Waals surface area contributed by atoms with Gasteiger partial charge in [-0.25, -0.2) is 4.39 Å². The molecule has 1 aliphatic carbocycles. The van der Waals surface area contributed by atoms with Gasteiger partial charge in [-0.05, 0) is 42.5 Å². The highest BCUT2D eigenvalue weighted by molar-refractivity contribution is 5.78. The molecular weight excluding hydrogens is 231 g/mol. The van der Waals surface area contributed by atoms with Gasteiger partial charge in [0.25, 0.3) is 0 Å². The first kappa shape index (κ1) is 13.0. The van der Waals surface area contributed by atoms with Crippen LogP contribution >= 0.6 is 0 Å². The normalized spacial score (nSPS) is 17.0. The largest absolute Gasteiger partial charge is 0.355 e. The van der Waals surface area contributed by atoms with Gasteiger partial charge in [-0.3, -0.25) is 4.79 Å². The standard InChI is InChI=1S/C14H19FN2O/c15-12-4-1-3-11(7-12)8-13(18)17-10-14(9-16)5-2-6-14/h1,3-4,7H,2,5-6,8-10,16H2,(H,17,18). The first-order chi connectivity index (χ1) is 8.63. The Morgan fingerprint density at radius 1 is 1.44 bits per heavy atom. The van der Waals surface area contributed by atoms with Gasteiger partial charge in [-0.15, -0.1) is 0 Å². The number of carbonyl (C=O) groups excluding carboxylic acids is 1. The molecule has 4 heteroatoms. The minimum Gasteiger partial charge on any atom is -0.355 e. The highest BCUT2D eigenvalue weighted by atomic mass is 19.1. The number of hydrogen-bond acceptors (Lipinski definition) is 2. The molecule has 0 aliphatic heterocycles. The summed E-state index contributed by atoms with van der Waals surface area (Å²) >= 11 is 0. The van der Waals surface area contributed by atoms with Gasteiger partial charge in [-0.1, -0.05) is 18.6 Å². The predicted octanol–water partition coefficient (Wildman–Crippen LogP) is 1.61. The summed E-state index contributed by atoms with van der Waals surface area (Å²) in [5, 5.41) is 2.90. The van der Waals surface area contributed by atoms with Crippen LogP contribution in [0, 0.1) is 11.2 Å². The van der Waals surface area contributed by atoms with E-state index in [4.69, 9.17) is 5.73 Å². The van der Waals surface area contributed by atoms with Gasteiger partial charge >= 0.3 is 0 Å². The van der Waals surface area contributed by atoms with E-state index in [9.17, 15) is 9.18 Å². The Hall–Kier alpha value is -1.42. The van der Waals surface area contributed by atoms with Crippen LogP contribution in [-0.2, 0) is 11.2 Å². The second-order valence-corrected chi connectivity index (χ2v) is 5.14. The maximum absolute atomic E-state index is 13.0. The molecule has 0 heterocycles. The topological polar surface area (TPSA) is 55.1 Å².